The molecule has 0 radical (unpaired) electrons. The lowest BCUT2D eigenvalue weighted by Crippen LogP contribution is -2.00. The van der Waals surface area contributed by atoms with Crippen molar-refractivity contribution in [1.82, 2.24) is 4.98 Å². The second-order valence-corrected chi connectivity index (χ2v) is 4.11. The highest BCUT2D eigenvalue weighted by Gasteiger charge is 2.08. The highest BCUT2D eigenvalue weighted by Crippen LogP contribution is 2.21. The Labute approximate surface area is 101 Å². The number of ether oxygens (including phenoxy) is 1. The van der Waals surface area contributed by atoms with Gasteiger partial charge in [0.2, 0.25) is 0 Å². The molecule has 0 aliphatic carbocycles. The Hall–Kier alpha value is -1.45. The van der Waals surface area contributed by atoms with Crippen molar-refractivity contribution in [2.24, 2.45) is 0 Å². The normalized spacial score (nSPS) is 12.8. The summed E-state index contributed by atoms with van der Waals surface area (Å²) in [5.41, 5.74) is 1.83. The van der Waals surface area contributed by atoms with Crippen LogP contribution >= 0.6 is 0 Å². The van der Waals surface area contributed by atoms with Gasteiger partial charge < -0.3 is 9.84 Å². The third kappa shape index (κ3) is 3.02. The predicted molar refractivity (Wildman–Crippen MR) is 67.8 cm³/mol. The molecule has 1 aromatic carbocycles. The number of aromatic nitrogens is 1. The van der Waals surface area contributed by atoms with Crippen LogP contribution in [0.4, 0.5) is 0 Å². The van der Waals surface area contributed by atoms with Crippen LogP contribution in [-0.2, 0) is 4.74 Å². The zero-order valence-corrected chi connectivity index (χ0v) is 9.97. The fraction of sp³-hybridized carbons (Fsp3) is 0.357. The summed E-state index contributed by atoms with van der Waals surface area (Å²) in [7, 11) is 1.67. The van der Waals surface area contributed by atoms with Crippen LogP contribution in [0.1, 0.15) is 24.5 Å². The summed E-state index contributed by atoms with van der Waals surface area (Å²) in [6.07, 6.45) is 2.85. The summed E-state index contributed by atoms with van der Waals surface area (Å²) in [5, 5.41) is 11.1. The second kappa shape index (κ2) is 5.75. The van der Waals surface area contributed by atoms with Gasteiger partial charge in [0.15, 0.2) is 0 Å². The second-order valence-electron chi connectivity index (χ2n) is 4.11. The average Bonchev–Trinajstić information content (AvgIpc) is 2.38. The van der Waals surface area contributed by atoms with Crippen molar-refractivity contribution in [1.29, 1.82) is 0 Å². The summed E-state index contributed by atoms with van der Waals surface area (Å²) in [4.78, 5) is 4.34. The number of hydrogen-bond donors (Lipinski definition) is 1. The van der Waals surface area contributed by atoms with Gasteiger partial charge >= 0.3 is 0 Å². The first-order chi connectivity index (χ1) is 8.31. The van der Waals surface area contributed by atoms with Crippen LogP contribution in [0, 0.1) is 0 Å². The lowest BCUT2D eigenvalue weighted by Gasteiger charge is -2.10. The van der Waals surface area contributed by atoms with Gasteiger partial charge in [-0.15, -0.1) is 0 Å². The highest BCUT2D eigenvalue weighted by atomic mass is 16.5. The lowest BCUT2D eigenvalue weighted by molar-refractivity contribution is 0.136. The van der Waals surface area contributed by atoms with E-state index in [-0.39, 0.29) is 0 Å². The Bertz CT molecular complexity index is 484. The highest BCUT2D eigenvalue weighted by molar-refractivity contribution is 5.78. The minimum atomic E-state index is -0.456. The van der Waals surface area contributed by atoms with Crippen molar-refractivity contribution in [3.05, 3.63) is 42.1 Å². The first-order valence-electron chi connectivity index (χ1n) is 5.83. The van der Waals surface area contributed by atoms with E-state index in [2.05, 4.69) is 4.98 Å². The Balaban J connectivity index is 2.12. The van der Waals surface area contributed by atoms with Gasteiger partial charge in [0, 0.05) is 25.3 Å². The molecule has 1 N–H and O–H groups in total. The van der Waals surface area contributed by atoms with Gasteiger partial charge in [0.1, 0.15) is 0 Å². The number of pyridine rings is 1. The Morgan fingerprint density at radius 2 is 2.18 bits per heavy atom. The molecule has 17 heavy (non-hydrogen) atoms. The van der Waals surface area contributed by atoms with Crippen LogP contribution in [0.2, 0.25) is 0 Å². The molecule has 1 aromatic heterocycles. The number of aliphatic hydroxyl groups is 1. The van der Waals surface area contributed by atoms with Crippen molar-refractivity contribution in [3.63, 3.8) is 0 Å². The number of hydrogen-bond acceptors (Lipinski definition) is 3. The van der Waals surface area contributed by atoms with Crippen molar-refractivity contribution in [2.75, 3.05) is 13.7 Å². The summed E-state index contributed by atoms with van der Waals surface area (Å²) >= 11 is 0. The van der Waals surface area contributed by atoms with Gasteiger partial charge in [-0.1, -0.05) is 18.2 Å². The van der Waals surface area contributed by atoms with E-state index >= 15 is 0 Å². The van der Waals surface area contributed by atoms with Crippen LogP contribution < -0.4 is 0 Å². The number of para-hydroxylation sites is 1. The average molecular weight is 231 g/mol. The number of nitrogens with zero attached hydrogens (tertiary/aromatic N) is 1. The van der Waals surface area contributed by atoms with Crippen molar-refractivity contribution < 1.29 is 9.84 Å². The zero-order chi connectivity index (χ0) is 12.1. The number of aliphatic hydroxyl groups excluding tert-OH is 1. The molecule has 0 saturated heterocycles. The molecule has 90 valence electrons. The monoisotopic (exact) mass is 231 g/mol. The van der Waals surface area contributed by atoms with E-state index in [1.54, 1.807) is 13.3 Å². The maximum atomic E-state index is 10.0. The molecule has 0 amide bonds. The van der Waals surface area contributed by atoms with Gasteiger partial charge in [-0.3, -0.25) is 4.98 Å². The van der Waals surface area contributed by atoms with E-state index < -0.39 is 6.10 Å². The van der Waals surface area contributed by atoms with E-state index in [0.29, 0.717) is 13.0 Å². The standard InChI is InChI=1S/C14H17NO2/c1-17-8-4-7-14(16)12-9-11-5-2-3-6-13(11)15-10-12/h2-3,5-6,9-10,14,16H,4,7-8H2,1H3. The summed E-state index contributed by atoms with van der Waals surface area (Å²) in [6, 6.07) is 9.92. The van der Waals surface area contributed by atoms with Crippen molar-refractivity contribution >= 4 is 10.9 Å². The maximum absolute atomic E-state index is 10.0. The fourth-order valence-corrected chi connectivity index (χ4v) is 1.86. The molecule has 2 aromatic rings. The summed E-state index contributed by atoms with van der Waals surface area (Å²) in [5.74, 6) is 0. The maximum Gasteiger partial charge on any atom is 0.0806 e. The van der Waals surface area contributed by atoms with Crippen LogP contribution in [0.3, 0.4) is 0 Å². The molecule has 1 atom stereocenters. The molecule has 0 aliphatic rings. The molecule has 2 rings (SSSR count). The van der Waals surface area contributed by atoms with E-state index in [1.165, 1.54) is 0 Å². The topological polar surface area (TPSA) is 42.4 Å². The molecule has 0 bridgehead atoms. The number of benzene rings is 1. The van der Waals surface area contributed by atoms with Crippen LogP contribution in [-0.4, -0.2) is 23.8 Å². The van der Waals surface area contributed by atoms with Crippen molar-refractivity contribution in [2.45, 2.75) is 18.9 Å². The van der Waals surface area contributed by atoms with Crippen LogP contribution in [0.5, 0.6) is 0 Å². The van der Waals surface area contributed by atoms with E-state index in [4.69, 9.17) is 4.74 Å². The zero-order valence-electron chi connectivity index (χ0n) is 9.97. The Kier molecular flexibility index (Phi) is 4.07. The molecule has 0 aliphatic heterocycles. The molecule has 0 spiro atoms. The minimum Gasteiger partial charge on any atom is -0.388 e. The van der Waals surface area contributed by atoms with Gasteiger partial charge in [0.05, 0.1) is 11.6 Å². The molecular formula is C14H17NO2. The molecule has 0 fully saturated rings. The molecule has 1 unspecified atom stereocenters. The van der Waals surface area contributed by atoms with Gasteiger partial charge in [0.25, 0.3) is 0 Å². The first-order valence-corrected chi connectivity index (χ1v) is 5.83. The number of methoxy groups -OCH3 is 1. The number of fused-ring (bicyclic) bond motifs is 1. The predicted octanol–water partition coefficient (Wildman–Crippen LogP) is 2.69. The van der Waals surface area contributed by atoms with Crippen LogP contribution in [0.25, 0.3) is 10.9 Å². The molecule has 3 heteroatoms. The molecule has 0 saturated carbocycles. The third-order valence-corrected chi connectivity index (χ3v) is 2.82. The third-order valence-electron chi connectivity index (χ3n) is 2.82. The Morgan fingerprint density at radius 3 is 3.00 bits per heavy atom. The van der Waals surface area contributed by atoms with Crippen molar-refractivity contribution in [3.8, 4) is 0 Å². The summed E-state index contributed by atoms with van der Waals surface area (Å²) in [6.45, 7) is 0.679. The van der Waals surface area contributed by atoms with Gasteiger partial charge in [-0.2, -0.15) is 0 Å². The quantitative estimate of drug-likeness (QED) is 0.804. The number of rotatable bonds is 5. The van der Waals surface area contributed by atoms with E-state index in [9.17, 15) is 5.11 Å². The minimum absolute atomic E-state index is 0.456. The van der Waals surface area contributed by atoms with Gasteiger partial charge in [-0.25, -0.2) is 0 Å². The fourth-order valence-electron chi connectivity index (χ4n) is 1.86. The largest absolute Gasteiger partial charge is 0.388 e. The lowest BCUT2D eigenvalue weighted by atomic mass is 10.0. The summed E-state index contributed by atoms with van der Waals surface area (Å²) < 4.78 is 4.97. The molecular weight excluding hydrogens is 214 g/mol. The Morgan fingerprint density at radius 1 is 1.35 bits per heavy atom. The SMILES string of the molecule is COCCCC(O)c1cnc2ccccc2c1. The first kappa shape index (κ1) is 12.0. The smallest absolute Gasteiger partial charge is 0.0806 e. The van der Waals surface area contributed by atoms with E-state index in [1.807, 2.05) is 30.3 Å². The van der Waals surface area contributed by atoms with E-state index in [0.717, 1.165) is 22.9 Å². The van der Waals surface area contributed by atoms with Crippen LogP contribution in [0.15, 0.2) is 36.5 Å². The molecule has 3 nitrogen and oxygen atoms in total. The molecule has 1 heterocycles. The van der Waals surface area contributed by atoms with Gasteiger partial charge in [-0.05, 0) is 30.5 Å².